The van der Waals surface area contributed by atoms with E-state index < -0.39 is 35.6 Å². The number of rotatable bonds is 7. The van der Waals surface area contributed by atoms with Gasteiger partial charge in [-0.2, -0.15) is 13.2 Å². The zero-order chi connectivity index (χ0) is 28.2. The van der Waals surface area contributed by atoms with E-state index in [4.69, 9.17) is 9.63 Å². The van der Waals surface area contributed by atoms with E-state index in [1.54, 1.807) is 12.1 Å². The van der Waals surface area contributed by atoms with Crippen molar-refractivity contribution in [3.8, 4) is 0 Å². The number of hydrogen-bond acceptors (Lipinski definition) is 5. The third-order valence-electron chi connectivity index (χ3n) is 6.51. The summed E-state index contributed by atoms with van der Waals surface area (Å²) in [6.07, 6.45) is -1.33. The smallest absolute Gasteiger partial charge is 0.416 e. The number of aryl methyl sites for hydroxylation is 1. The number of anilines is 2. The Hall–Kier alpha value is -4.42. The summed E-state index contributed by atoms with van der Waals surface area (Å²) in [7, 11) is 0. The Morgan fingerprint density at radius 2 is 1.74 bits per heavy atom. The highest BCUT2D eigenvalue weighted by Crippen LogP contribution is 2.34. The van der Waals surface area contributed by atoms with Crippen LogP contribution in [0.25, 0.3) is 5.32 Å². The summed E-state index contributed by atoms with van der Waals surface area (Å²) in [5.74, 6) is -1.94. The zero-order valence-electron chi connectivity index (χ0n) is 20.9. The molecule has 2 aromatic carbocycles. The molecule has 0 unspecified atom stereocenters. The molecule has 3 amide bonds. The Balaban J connectivity index is 1.41. The van der Waals surface area contributed by atoms with Crippen molar-refractivity contribution in [2.75, 3.05) is 10.6 Å². The maximum Gasteiger partial charge on any atom is 0.416 e. The number of alkyl halides is 3. The summed E-state index contributed by atoms with van der Waals surface area (Å²) in [4.78, 5) is 36.1. The van der Waals surface area contributed by atoms with E-state index in [1.807, 2.05) is 19.1 Å². The molecule has 0 spiro atoms. The number of carbonyl (C=O) groups is 3. The molecule has 1 fully saturated rings. The number of carboxylic acids is 1. The first-order valence-electron chi connectivity index (χ1n) is 12.2. The van der Waals surface area contributed by atoms with Crippen molar-refractivity contribution >= 4 is 35.2 Å². The normalized spacial score (nSPS) is 17.3. The molecule has 1 aliphatic rings. The first-order valence-corrected chi connectivity index (χ1v) is 12.2. The summed E-state index contributed by atoms with van der Waals surface area (Å²) in [6.45, 7) is 1.82. The number of aliphatic carboxylic acids is 1. The number of halogens is 3. The number of hydrogen-bond donors (Lipinski definition) is 3. The minimum atomic E-state index is -4.73. The quantitative estimate of drug-likeness (QED) is 0.334. The van der Waals surface area contributed by atoms with Crippen LogP contribution in [0.3, 0.4) is 0 Å². The average molecular weight is 546 g/mol. The lowest BCUT2D eigenvalue weighted by Crippen LogP contribution is -2.43. The van der Waals surface area contributed by atoms with Crippen LogP contribution in [0.1, 0.15) is 48.4 Å². The SMILES string of the molecule is Cc1ccccc1CC(=O)Nc1cc(NC(=O)[N-]c2c[n+](C3CCC(C(=O)O)CC3)no2)cc(C(F)(F)F)c1. The lowest BCUT2D eigenvalue weighted by molar-refractivity contribution is -0.787. The van der Waals surface area contributed by atoms with Crippen LogP contribution in [0.5, 0.6) is 0 Å². The molecule has 1 heterocycles. The van der Waals surface area contributed by atoms with Gasteiger partial charge in [0.1, 0.15) is 0 Å². The minimum absolute atomic E-state index is 0.0383. The van der Waals surface area contributed by atoms with Gasteiger partial charge in [0.25, 0.3) is 0 Å². The number of urea groups is 1. The van der Waals surface area contributed by atoms with Crippen LogP contribution in [0.4, 0.5) is 35.2 Å². The third-order valence-corrected chi connectivity index (χ3v) is 6.51. The van der Waals surface area contributed by atoms with Gasteiger partial charge >= 0.3 is 12.1 Å². The molecule has 206 valence electrons. The molecule has 0 aliphatic heterocycles. The monoisotopic (exact) mass is 545 g/mol. The second-order valence-electron chi connectivity index (χ2n) is 9.35. The van der Waals surface area contributed by atoms with Crippen molar-refractivity contribution in [1.82, 2.24) is 5.27 Å². The van der Waals surface area contributed by atoms with Crippen molar-refractivity contribution in [3.05, 3.63) is 70.7 Å². The largest absolute Gasteiger partial charge is 0.481 e. The highest BCUT2D eigenvalue weighted by atomic mass is 19.4. The Kier molecular flexibility index (Phi) is 8.17. The fourth-order valence-corrected chi connectivity index (χ4v) is 4.43. The van der Waals surface area contributed by atoms with Crippen molar-refractivity contribution in [2.24, 2.45) is 5.92 Å². The molecule has 0 saturated heterocycles. The van der Waals surface area contributed by atoms with Crippen LogP contribution in [-0.2, 0) is 22.2 Å². The molecule has 0 bridgehead atoms. The topological polar surface area (TPSA) is 140 Å². The number of benzene rings is 2. The molecule has 3 N–H and O–H groups in total. The molecule has 10 nitrogen and oxygen atoms in total. The number of amides is 3. The lowest BCUT2D eigenvalue weighted by Gasteiger charge is -2.20. The maximum atomic E-state index is 13.5. The van der Waals surface area contributed by atoms with E-state index in [1.165, 1.54) is 16.9 Å². The number of carbonyl (C=O) groups excluding carboxylic acids is 2. The minimum Gasteiger partial charge on any atom is -0.481 e. The molecule has 0 radical (unpaired) electrons. The van der Waals surface area contributed by atoms with E-state index in [2.05, 4.69) is 21.2 Å². The molecule has 39 heavy (non-hydrogen) atoms. The highest BCUT2D eigenvalue weighted by molar-refractivity contribution is 6.04. The molecular weight excluding hydrogens is 519 g/mol. The number of nitrogens with one attached hydrogen (secondary N) is 2. The van der Waals surface area contributed by atoms with E-state index in [-0.39, 0.29) is 29.7 Å². The molecule has 3 aromatic rings. The van der Waals surface area contributed by atoms with Crippen LogP contribution in [-0.4, -0.2) is 28.3 Å². The first-order chi connectivity index (χ1) is 18.5. The van der Waals surface area contributed by atoms with Gasteiger partial charge in [-0.05, 0) is 54.8 Å². The second-order valence-corrected chi connectivity index (χ2v) is 9.35. The van der Waals surface area contributed by atoms with Crippen molar-refractivity contribution < 1.29 is 41.9 Å². The van der Waals surface area contributed by atoms with E-state index in [9.17, 15) is 27.6 Å². The fourth-order valence-electron chi connectivity index (χ4n) is 4.43. The van der Waals surface area contributed by atoms with Crippen LogP contribution < -0.4 is 15.3 Å². The van der Waals surface area contributed by atoms with Gasteiger partial charge < -0.3 is 25.6 Å². The number of nitrogens with zero attached hydrogens (tertiary/aromatic N) is 3. The van der Waals surface area contributed by atoms with Crippen LogP contribution in [0.2, 0.25) is 0 Å². The summed E-state index contributed by atoms with van der Waals surface area (Å²) in [5, 5.41) is 21.4. The van der Waals surface area contributed by atoms with Gasteiger partial charge in [0.2, 0.25) is 18.0 Å². The first kappa shape index (κ1) is 27.6. The predicted molar refractivity (Wildman–Crippen MR) is 132 cm³/mol. The van der Waals surface area contributed by atoms with Crippen molar-refractivity contribution in [1.29, 1.82) is 0 Å². The van der Waals surface area contributed by atoms with Gasteiger partial charge in [0.15, 0.2) is 17.3 Å². The summed E-state index contributed by atoms with van der Waals surface area (Å²) < 4.78 is 47.0. The zero-order valence-corrected chi connectivity index (χ0v) is 20.9. The van der Waals surface area contributed by atoms with Crippen molar-refractivity contribution in [2.45, 2.75) is 51.2 Å². The van der Waals surface area contributed by atoms with E-state index in [0.29, 0.717) is 25.7 Å². The van der Waals surface area contributed by atoms with Crippen LogP contribution in [0.15, 0.2) is 53.2 Å². The number of carboxylic acid groups (broad SMARTS) is 1. The van der Waals surface area contributed by atoms with Gasteiger partial charge in [0, 0.05) is 18.5 Å². The van der Waals surface area contributed by atoms with E-state index >= 15 is 0 Å². The Morgan fingerprint density at radius 3 is 2.38 bits per heavy atom. The summed E-state index contributed by atoms with van der Waals surface area (Å²) >= 11 is 0. The molecule has 4 rings (SSSR count). The van der Waals surface area contributed by atoms with E-state index in [0.717, 1.165) is 23.3 Å². The molecular formula is C26H26F3N5O5. The average Bonchev–Trinajstić information content (AvgIpc) is 3.33. The van der Waals surface area contributed by atoms with Gasteiger partial charge in [-0.1, -0.05) is 28.9 Å². The highest BCUT2D eigenvalue weighted by Gasteiger charge is 2.33. The van der Waals surface area contributed by atoms with Gasteiger partial charge in [-0.25, -0.2) is 0 Å². The summed E-state index contributed by atoms with van der Waals surface area (Å²) in [6, 6.07) is 8.72. The summed E-state index contributed by atoms with van der Waals surface area (Å²) in [5.41, 5.74) is 0.153. The van der Waals surface area contributed by atoms with Gasteiger partial charge in [-0.15, -0.1) is 0 Å². The Morgan fingerprint density at radius 1 is 1.08 bits per heavy atom. The number of aromatic nitrogens is 2. The molecule has 0 atom stereocenters. The second kappa shape index (κ2) is 11.5. The Labute approximate surface area is 221 Å². The van der Waals surface area contributed by atoms with Crippen LogP contribution in [0, 0.1) is 12.8 Å². The third kappa shape index (κ3) is 7.33. The fraction of sp³-hybridized carbons (Fsp3) is 0.346. The van der Waals surface area contributed by atoms with Gasteiger partial charge in [-0.3, -0.25) is 14.4 Å². The molecule has 13 heteroatoms. The maximum absolute atomic E-state index is 13.5. The lowest BCUT2D eigenvalue weighted by atomic mass is 9.86. The molecule has 1 aromatic heterocycles. The predicted octanol–water partition coefficient (Wildman–Crippen LogP) is 5.52. The van der Waals surface area contributed by atoms with Gasteiger partial charge in [0.05, 0.1) is 17.9 Å². The van der Waals surface area contributed by atoms with Crippen LogP contribution >= 0.6 is 0 Å². The molecule has 1 aliphatic carbocycles. The van der Waals surface area contributed by atoms with Crippen molar-refractivity contribution in [3.63, 3.8) is 0 Å². The standard InChI is InChI=1S/C26H26F3N5O5/c1-15-4-2-3-5-17(15)10-22(35)30-19-11-18(26(27,28)29)12-20(13-19)31-25(38)32-23-14-34(33-39-23)21-8-6-16(7-9-21)24(36)37/h2-5,11-14,16,21H,6-10H2,1H3,(H3-,30,31,32,33,35,36,37,38). The molecule has 1 saturated carbocycles. The Bertz CT molecular complexity index is 1370.